The Balaban J connectivity index is 1.21. The lowest BCUT2D eigenvalue weighted by molar-refractivity contribution is -0.229. The number of hydrogen-bond acceptors (Lipinski definition) is 6. The highest BCUT2D eigenvalue weighted by Gasteiger charge is 2.58. The Morgan fingerprint density at radius 3 is 2.63 bits per heavy atom. The van der Waals surface area contributed by atoms with Crippen molar-refractivity contribution in [3.63, 3.8) is 0 Å². The minimum atomic E-state index is -0.710. The van der Waals surface area contributed by atoms with Gasteiger partial charge < -0.3 is 4.74 Å². The van der Waals surface area contributed by atoms with E-state index in [1.165, 1.54) is 17.7 Å². The number of likely N-dealkylation sites (tertiary alicyclic amines) is 1. The molecule has 0 saturated carbocycles. The number of rotatable bonds is 6. The molecule has 194 valence electrons. The lowest BCUT2D eigenvalue weighted by Gasteiger charge is -2.45. The number of ether oxygens (including phenoxy) is 1. The van der Waals surface area contributed by atoms with Gasteiger partial charge in [0.1, 0.15) is 6.61 Å². The first-order valence-electron chi connectivity index (χ1n) is 13.1. The smallest absolute Gasteiger partial charge is 0.311 e. The van der Waals surface area contributed by atoms with Gasteiger partial charge >= 0.3 is 5.97 Å². The highest BCUT2D eigenvalue weighted by atomic mass is 16.7. The fourth-order valence-corrected chi connectivity index (χ4v) is 6.15. The van der Waals surface area contributed by atoms with E-state index in [1.54, 1.807) is 0 Å². The van der Waals surface area contributed by atoms with Crippen molar-refractivity contribution < 1.29 is 19.2 Å². The maximum Gasteiger partial charge on any atom is 0.311 e. The maximum atomic E-state index is 13.2. The maximum absolute atomic E-state index is 13.2. The summed E-state index contributed by atoms with van der Waals surface area (Å²) in [7, 11) is 1.39. The molecule has 0 unspecified atom stereocenters. The second-order valence-electron chi connectivity index (χ2n) is 10.3. The molecular weight excluding hydrogens is 478 g/mol. The number of piperidine rings is 1. The number of methoxy groups -OCH3 is 1. The van der Waals surface area contributed by atoms with Crippen molar-refractivity contribution in [1.82, 2.24) is 14.9 Å². The highest BCUT2D eigenvalue weighted by molar-refractivity contribution is 5.88. The number of carbonyl (C=O) groups is 2. The second-order valence-corrected chi connectivity index (χ2v) is 10.3. The fraction of sp³-hybridized carbons (Fsp3) is 0.323. The number of carbonyl (C=O) groups excluding carboxylic acids is 2. The Labute approximate surface area is 221 Å². The molecule has 4 aromatic rings. The van der Waals surface area contributed by atoms with E-state index in [9.17, 15) is 9.59 Å². The van der Waals surface area contributed by atoms with E-state index in [-0.39, 0.29) is 24.9 Å². The van der Waals surface area contributed by atoms with E-state index in [1.807, 2.05) is 42.6 Å². The van der Waals surface area contributed by atoms with Crippen molar-refractivity contribution in [3.05, 3.63) is 90.1 Å². The highest BCUT2D eigenvalue weighted by Crippen LogP contribution is 2.45. The zero-order valence-electron chi connectivity index (χ0n) is 21.5. The summed E-state index contributed by atoms with van der Waals surface area (Å²) in [6, 6.07) is 24.6. The second kappa shape index (κ2) is 10.2. The minimum absolute atomic E-state index is 0.111. The van der Waals surface area contributed by atoms with Crippen LogP contribution in [0.1, 0.15) is 30.4 Å². The summed E-state index contributed by atoms with van der Waals surface area (Å²) in [5, 5.41) is 4.95. The average molecular weight is 510 g/mol. The summed E-state index contributed by atoms with van der Waals surface area (Å²) in [4.78, 5) is 39.1. The van der Waals surface area contributed by atoms with Gasteiger partial charge in [-0.2, -0.15) is 0 Å². The van der Waals surface area contributed by atoms with Crippen molar-refractivity contribution in [1.29, 1.82) is 0 Å². The van der Waals surface area contributed by atoms with Gasteiger partial charge in [-0.3, -0.25) is 24.3 Å². The molecule has 1 aromatic heterocycles. The van der Waals surface area contributed by atoms with Gasteiger partial charge in [-0.1, -0.05) is 54.6 Å². The summed E-state index contributed by atoms with van der Waals surface area (Å²) < 4.78 is 5.15. The predicted octanol–water partition coefficient (Wildman–Crippen LogP) is 4.88. The van der Waals surface area contributed by atoms with Crippen LogP contribution in [0, 0.1) is 5.92 Å². The number of nitrogens with zero attached hydrogens (tertiary/aromatic N) is 3. The van der Waals surface area contributed by atoms with Crippen LogP contribution in [0.15, 0.2) is 79.0 Å². The first-order valence-corrected chi connectivity index (χ1v) is 13.1. The summed E-state index contributed by atoms with van der Waals surface area (Å²) >= 11 is 0. The molecule has 0 N–H and O–H groups in total. The number of aromatic nitrogens is 1. The van der Waals surface area contributed by atoms with Gasteiger partial charge in [0.2, 0.25) is 5.91 Å². The molecule has 0 bridgehead atoms. The van der Waals surface area contributed by atoms with Gasteiger partial charge in [-0.25, -0.2) is 5.06 Å². The third-order valence-electron chi connectivity index (χ3n) is 8.17. The first-order chi connectivity index (χ1) is 18.6. The van der Waals surface area contributed by atoms with Crippen LogP contribution in [0.2, 0.25) is 0 Å². The molecule has 38 heavy (non-hydrogen) atoms. The molecule has 0 radical (unpaired) electrons. The number of esters is 1. The lowest BCUT2D eigenvalue weighted by atomic mass is 9.77. The van der Waals surface area contributed by atoms with Crippen molar-refractivity contribution in [2.24, 2.45) is 5.92 Å². The number of hydroxylamine groups is 2. The molecule has 3 aromatic carbocycles. The van der Waals surface area contributed by atoms with Gasteiger partial charge in [0.15, 0.2) is 0 Å². The average Bonchev–Trinajstić information content (AvgIpc) is 3.23. The fourth-order valence-electron chi connectivity index (χ4n) is 6.15. The van der Waals surface area contributed by atoms with Gasteiger partial charge in [-0.15, -0.1) is 0 Å². The molecule has 2 saturated heterocycles. The van der Waals surface area contributed by atoms with Crippen LogP contribution in [0.5, 0.6) is 0 Å². The molecule has 1 spiro atoms. The number of fused-ring (bicyclic) bond motifs is 2. The molecular formula is C31H31N3O4. The van der Waals surface area contributed by atoms with E-state index in [0.29, 0.717) is 12.8 Å². The number of hydrogen-bond donors (Lipinski definition) is 0. The standard InChI is InChI=1S/C31H31N3O4/c1-37-30(36)27-19-29(35)34(38-21-22-11-12-23-6-2-3-7-24(23)18-22)31(27)13-16-33(17-14-31)20-25-8-4-10-28-26(25)9-5-15-32-28/h2-12,15,18,27H,13-14,16-17,19-21H2,1H3/t27-/m0/s1. The van der Waals surface area contributed by atoms with E-state index in [0.717, 1.165) is 46.9 Å². The quantitative estimate of drug-likeness (QED) is 0.345. The largest absolute Gasteiger partial charge is 0.469 e. The predicted molar refractivity (Wildman–Crippen MR) is 145 cm³/mol. The van der Waals surface area contributed by atoms with E-state index in [2.05, 4.69) is 46.3 Å². The Morgan fingerprint density at radius 2 is 1.82 bits per heavy atom. The Hall–Kier alpha value is -3.81. The molecule has 2 fully saturated rings. The normalized spacial score (nSPS) is 19.4. The molecule has 3 heterocycles. The SMILES string of the molecule is COC(=O)[C@@H]1CC(=O)N(OCc2ccc3ccccc3c2)C12CCN(Cc1cccc3ncccc13)CC2. The number of pyridine rings is 1. The molecule has 2 aliphatic rings. The summed E-state index contributed by atoms with van der Waals surface area (Å²) in [5.74, 6) is -1.04. The monoisotopic (exact) mass is 509 g/mol. The van der Waals surface area contributed by atoms with Crippen molar-refractivity contribution in [3.8, 4) is 0 Å². The molecule has 7 nitrogen and oxygen atoms in total. The zero-order valence-corrected chi connectivity index (χ0v) is 21.5. The third-order valence-corrected chi connectivity index (χ3v) is 8.17. The van der Waals surface area contributed by atoms with Crippen molar-refractivity contribution in [2.75, 3.05) is 20.2 Å². The van der Waals surface area contributed by atoms with Crippen LogP contribution in [0.25, 0.3) is 21.7 Å². The molecule has 0 aliphatic carbocycles. The number of benzene rings is 3. The molecule has 6 rings (SSSR count). The Bertz CT molecular complexity index is 1490. The van der Waals surface area contributed by atoms with Gasteiger partial charge in [0, 0.05) is 37.6 Å². The van der Waals surface area contributed by atoms with Gasteiger partial charge in [-0.05, 0) is 52.9 Å². The summed E-state index contributed by atoms with van der Waals surface area (Å²) in [6.07, 6.45) is 3.20. The van der Waals surface area contributed by atoms with Crippen LogP contribution in [0.4, 0.5) is 0 Å². The Morgan fingerprint density at radius 1 is 1.00 bits per heavy atom. The van der Waals surface area contributed by atoms with E-state index in [4.69, 9.17) is 9.57 Å². The van der Waals surface area contributed by atoms with Gasteiger partial charge in [0.05, 0.1) is 24.1 Å². The third kappa shape index (κ3) is 4.42. The van der Waals surface area contributed by atoms with Crippen LogP contribution in [0.3, 0.4) is 0 Å². The van der Waals surface area contributed by atoms with Crippen LogP contribution in [-0.4, -0.2) is 52.6 Å². The van der Waals surface area contributed by atoms with Crippen LogP contribution >= 0.6 is 0 Å². The lowest BCUT2D eigenvalue weighted by Crippen LogP contribution is -2.57. The van der Waals surface area contributed by atoms with Crippen LogP contribution < -0.4 is 0 Å². The van der Waals surface area contributed by atoms with Crippen LogP contribution in [-0.2, 0) is 32.3 Å². The summed E-state index contributed by atoms with van der Waals surface area (Å²) in [5.41, 5.74) is 2.48. The van der Waals surface area contributed by atoms with E-state index >= 15 is 0 Å². The molecule has 7 heteroatoms. The van der Waals surface area contributed by atoms with Crippen molar-refractivity contribution >= 4 is 33.6 Å². The topological polar surface area (TPSA) is 72.0 Å². The zero-order chi connectivity index (χ0) is 26.1. The molecule has 1 atom stereocenters. The first kappa shape index (κ1) is 24.5. The number of amides is 1. The minimum Gasteiger partial charge on any atom is -0.469 e. The van der Waals surface area contributed by atoms with Crippen molar-refractivity contribution in [2.45, 2.75) is 38.0 Å². The van der Waals surface area contributed by atoms with E-state index < -0.39 is 11.5 Å². The molecule has 2 aliphatic heterocycles. The Kier molecular flexibility index (Phi) is 6.55. The molecule has 1 amide bonds. The summed E-state index contributed by atoms with van der Waals surface area (Å²) in [6.45, 7) is 2.54. The van der Waals surface area contributed by atoms with Gasteiger partial charge in [0.25, 0.3) is 0 Å².